The Balaban J connectivity index is 0.000000146. The van der Waals surface area contributed by atoms with Crippen molar-refractivity contribution in [2.24, 2.45) is 29.6 Å². The fraction of sp³-hybridized carbons (Fsp3) is 0.818. The summed E-state index contributed by atoms with van der Waals surface area (Å²) < 4.78 is 58.8. The maximum absolute atomic E-state index is 12.6. The summed E-state index contributed by atoms with van der Waals surface area (Å²) in [5.74, 6) is 3.67. The first-order chi connectivity index (χ1) is 27.1. The molecule has 4 saturated carbocycles. The molecule has 4 aliphatic heterocycles. The van der Waals surface area contributed by atoms with E-state index in [2.05, 4.69) is 28.6 Å². The number of fused-ring (bicyclic) bond motifs is 5. The Labute approximate surface area is 356 Å². The molecule has 0 N–H and O–H groups in total. The Morgan fingerprint density at radius 3 is 1.67 bits per heavy atom. The second kappa shape index (κ2) is 21.1. The number of hydrogen-bond donors (Lipinski definition) is 0. The Bertz CT molecular complexity index is 1640. The molecule has 1 aromatic carbocycles. The van der Waals surface area contributed by atoms with Crippen LogP contribution < -0.4 is 0 Å². The molecule has 0 bridgehead atoms. The third-order valence-electron chi connectivity index (χ3n) is 14.4. The number of hydrogen-bond acceptors (Lipinski definition) is 4. The minimum absolute atomic E-state index is 0. The van der Waals surface area contributed by atoms with E-state index in [1.807, 2.05) is 24.3 Å². The molecule has 7 atom stereocenters. The van der Waals surface area contributed by atoms with E-state index in [0.717, 1.165) is 101 Å². The molecule has 4 heterocycles. The van der Waals surface area contributed by atoms with Crippen LogP contribution in [0.1, 0.15) is 141 Å². The van der Waals surface area contributed by atoms with Crippen LogP contribution in [0.2, 0.25) is 0 Å². The molecule has 0 aromatic heterocycles. The maximum atomic E-state index is 12.6. The number of piperidine rings is 3. The van der Waals surface area contributed by atoms with Gasteiger partial charge >= 0.3 is 0 Å². The van der Waals surface area contributed by atoms with Crippen molar-refractivity contribution in [3.8, 4) is 0 Å². The van der Waals surface area contributed by atoms with Gasteiger partial charge in [-0.05, 0) is 68.8 Å². The standard InChI is InChI=1S/C16H28N2O2S.C16H20N2O2S.C12H20N2.Cu/c2*1-12-7-9-14(10-8-12)21(19,20)18-15-6-2-4-13-5-3-11-17-16(13)15;1-3-9-5-6-10-4-2-8-14-12(10)11(9)13-7-1;/h12-16H,2-11H2,1H3;2-6,12,14H,7-11H2,1H3;9-12H,1-8H2;/q3*-2;. The molecule has 8 aliphatic rings. The van der Waals surface area contributed by atoms with Crippen molar-refractivity contribution in [2.75, 3.05) is 26.2 Å². The summed E-state index contributed by atoms with van der Waals surface area (Å²) in [4.78, 5) is 0. The zero-order valence-electron chi connectivity index (χ0n) is 34.4. The maximum Gasteiger partial charge on any atom is 0.0967 e. The van der Waals surface area contributed by atoms with Crippen molar-refractivity contribution in [1.29, 1.82) is 0 Å². The minimum Gasteiger partial charge on any atom is -0.682 e. The summed E-state index contributed by atoms with van der Waals surface area (Å²) in [5, 5.41) is 18.2. The van der Waals surface area contributed by atoms with E-state index in [-0.39, 0.29) is 39.7 Å². The summed E-state index contributed by atoms with van der Waals surface area (Å²) in [6.45, 7) is 8.10. The van der Waals surface area contributed by atoms with Crippen LogP contribution >= 0.6 is 0 Å². The minimum atomic E-state index is -3.45. The number of benzene rings is 1. The molecule has 9 rings (SSSR count). The van der Waals surface area contributed by atoms with E-state index in [9.17, 15) is 16.8 Å². The van der Waals surface area contributed by atoms with Gasteiger partial charge < -0.3 is 30.7 Å². The van der Waals surface area contributed by atoms with Gasteiger partial charge in [-0.25, -0.2) is 16.8 Å². The second-order valence-corrected chi connectivity index (χ2v) is 22.2. The largest absolute Gasteiger partial charge is 0.682 e. The van der Waals surface area contributed by atoms with Gasteiger partial charge in [0.25, 0.3) is 0 Å². The molecule has 1 radical (unpaired) electrons. The van der Waals surface area contributed by atoms with Gasteiger partial charge in [0.15, 0.2) is 0 Å². The van der Waals surface area contributed by atoms with Crippen LogP contribution in [-0.4, -0.2) is 77.7 Å². The van der Waals surface area contributed by atoms with E-state index >= 15 is 0 Å². The van der Waals surface area contributed by atoms with Crippen LogP contribution in [0.5, 0.6) is 0 Å². The summed E-state index contributed by atoms with van der Waals surface area (Å²) in [6.07, 6.45) is 25.0. The number of sulfonamides is 2. The molecule has 57 heavy (non-hydrogen) atoms. The van der Waals surface area contributed by atoms with E-state index in [1.54, 1.807) is 6.07 Å². The second-order valence-electron chi connectivity index (χ2n) is 18.4. The summed E-state index contributed by atoms with van der Waals surface area (Å²) >= 11 is 0. The number of para-hydroxylation sites is 1. The predicted octanol–water partition coefficient (Wildman–Crippen LogP) is 11.7. The predicted molar refractivity (Wildman–Crippen MR) is 232 cm³/mol. The van der Waals surface area contributed by atoms with E-state index < -0.39 is 20.0 Å². The Kier molecular flexibility index (Phi) is 16.8. The molecular formula is C44H68CuN6O4S2-6. The SMILES string of the molecule is C1C[N-]C2C(C1)CCC1CCC[N-]C12.CC1CCC(S(=O)(=O)[N-]C2CCCC3CCC[N-]C32)CC1.CC1CCC(S(=O)(=O)[N-]c2cccc3c2[N-]CC=C3)CC1.[Cu]. The summed E-state index contributed by atoms with van der Waals surface area (Å²) in [6, 6.07) is 6.89. The van der Waals surface area contributed by atoms with Crippen molar-refractivity contribution < 1.29 is 33.9 Å². The first kappa shape index (κ1) is 45.3. The van der Waals surface area contributed by atoms with Crippen molar-refractivity contribution >= 4 is 37.5 Å². The molecule has 3 saturated heterocycles. The monoisotopic (exact) mass is 871 g/mol. The van der Waals surface area contributed by atoms with Crippen LogP contribution in [0.25, 0.3) is 36.8 Å². The van der Waals surface area contributed by atoms with Crippen LogP contribution in [0, 0.1) is 29.6 Å². The average molecular weight is 873 g/mol. The van der Waals surface area contributed by atoms with Gasteiger partial charge in [0.2, 0.25) is 0 Å². The molecule has 0 spiro atoms. The average Bonchev–Trinajstić information content (AvgIpc) is 3.22. The van der Waals surface area contributed by atoms with E-state index in [1.165, 1.54) is 57.8 Å². The summed E-state index contributed by atoms with van der Waals surface area (Å²) in [5.41, 5.74) is 2.12. The zero-order chi connectivity index (χ0) is 39.1. The van der Waals surface area contributed by atoms with Gasteiger partial charge in [0.1, 0.15) is 0 Å². The molecule has 1 aromatic rings. The normalized spacial score (nSPS) is 36.3. The molecule has 7 unspecified atom stereocenters. The molecule has 4 aliphatic carbocycles. The number of nitrogens with zero attached hydrogens (tertiary/aromatic N) is 6. The van der Waals surface area contributed by atoms with E-state index in [4.69, 9.17) is 16.0 Å². The zero-order valence-corrected chi connectivity index (χ0v) is 37.0. The third kappa shape index (κ3) is 11.8. The quantitative estimate of drug-likeness (QED) is 0.261. The topological polar surface area (TPSA) is 153 Å². The molecule has 10 nitrogen and oxygen atoms in total. The first-order valence-electron chi connectivity index (χ1n) is 22.5. The first-order valence-corrected chi connectivity index (χ1v) is 25.5. The molecule has 327 valence electrons. The van der Waals surface area contributed by atoms with Crippen molar-refractivity contribution in [1.82, 2.24) is 0 Å². The fourth-order valence-electron chi connectivity index (χ4n) is 11.0. The van der Waals surface area contributed by atoms with Gasteiger partial charge in [-0.1, -0.05) is 127 Å². The van der Waals surface area contributed by atoms with Gasteiger partial charge in [0, 0.05) is 27.6 Å². The summed E-state index contributed by atoms with van der Waals surface area (Å²) in [7, 11) is -6.74. The van der Waals surface area contributed by atoms with Gasteiger partial charge in [-0.3, -0.25) is 0 Å². The number of rotatable bonds is 6. The van der Waals surface area contributed by atoms with Crippen LogP contribution in [0.3, 0.4) is 0 Å². The molecule has 0 amide bonds. The van der Waals surface area contributed by atoms with Crippen LogP contribution in [0.15, 0.2) is 24.3 Å². The van der Waals surface area contributed by atoms with Crippen molar-refractivity contribution in [3.63, 3.8) is 0 Å². The van der Waals surface area contributed by atoms with Crippen LogP contribution in [-0.2, 0) is 37.1 Å². The Hall–Kier alpha value is -1.18. The Morgan fingerprint density at radius 1 is 0.579 bits per heavy atom. The van der Waals surface area contributed by atoms with E-state index in [0.29, 0.717) is 47.8 Å². The van der Waals surface area contributed by atoms with Gasteiger partial charge in [-0.2, -0.15) is 0 Å². The fourth-order valence-corrected chi connectivity index (χ4v) is 14.1. The Morgan fingerprint density at radius 2 is 1.09 bits per heavy atom. The van der Waals surface area contributed by atoms with Crippen LogP contribution in [0.4, 0.5) is 11.4 Å². The smallest absolute Gasteiger partial charge is 0.0967 e. The molecule has 7 fully saturated rings. The van der Waals surface area contributed by atoms with Crippen molar-refractivity contribution in [2.45, 2.75) is 171 Å². The molecular weight excluding hydrogens is 804 g/mol. The van der Waals surface area contributed by atoms with Gasteiger partial charge in [-0.15, -0.1) is 67.8 Å². The molecule has 13 heteroatoms. The third-order valence-corrected chi connectivity index (χ3v) is 18.0. The van der Waals surface area contributed by atoms with Crippen molar-refractivity contribution in [3.05, 3.63) is 60.5 Å². The van der Waals surface area contributed by atoms with Gasteiger partial charge in [0.05, 0.1) is 20.0 Å².